The fraction of sp³-hybridized carbons (Fsp3) is 0.167. The Bertz CT molecular complexity index is 2040. The van der Waals surface area contributed by atoms with Crippen LogP contribution < -0.4 is 15.5 Å². The van der Waals surface area contributed by atoms with Gasteiger partial charge in [0.05, 0.1) is 16.6 Å². The molecule has 0 unspecified atom stereocenters. The Morgan fingerprint density at radius 1 is 0.674 bits per heavy atom. The first-order valence-corrected chi connectivity index (χ1v) is 16.2. The molecule has 4 heteroatoms. The van der Waals surface area contributed by atoms with Crippen LogP contribution in [-0.4, -0.2) is 17.2 Å². The third-order valence-electron chi connectivity index (χ3n) is 9.90. The Balaban J connectivity index is 1.37. The lowest BCUT2D eigenvalue weighted by Crippen LogP contribution is -2.55. The summed E-state index contributed by atoms with van der Waals surface area (Å²) in [4.78, 5) is 36.3. The molecular formula is C42H34N2O2. The maximum absolute atomic E-state index is 14.1. The van der Waals surface area contributed by atoms with E-state index in [-0.39, 0.29) is 29.0 Å². The topological polar surface area (TPSA) is 49.7 Å². The van der Waals surface area contributed by atoms with Crippen molar-refractivity contribution in [1.82, 2.24) is 0 Å². The minimum Gasteiger partial charge on any atom is -0.314 e. The van der Waals surface area contributed by atoms with E-state index >= 15 is 0 Å². The van der Waals surface area contributed by atoms with Crippen molar-refractivity contribution in [2.75, 3.05) is 4.90 Å². The fourth-order valence-electron chi connectivity index (χ4n) is 7.84. The van der Waals surface area contributed by atoms with Crippen LogP contribution in [0.2, 0.25) is 0 Å². The number of ketones is 2. The van der Waals surface area contributed by atoms with Gasteiger partial charge >= 0.3 is 0 Å². The number of allylic oxidation sites excluding steroid dienone is 1. The molecule has 5 aromatic rings. The molecule has 3 atom stereocenters. The Labute approximate surface area is 269 Å². The van der Waals surface area contributed by atoms with Crippen molar-refractivity contribution in [3.63, 3.8) is 0 Å². The summed E-state index contributed by atoms with van der Waals surface area (Å²) in [6.07, 6.45) is 6.72. The van der Waals surface area contributed by atoms with Crippen molar-refractivity contribution < 1.29 is 9.59 Å². The molecule has 1 spiro atoms. The predicted octanol–water partition coefficient (Wildman–Crippen LogP) is 7.77. The van der Waals surface area contributed by atoms with Crippen molar-refractivity contribution >= 4 is 28.5 Å². The van der Waals surface area contributed by atoms with Crippen molar-refractivity contribution in [1.29, 1.82) is 0 Å². The van der Waals surface area contributed by atoms with Gasteiger partial charge in [-0.25, -0.2) is 0 Å². The highest BCUT2D eigenvalue weighted by Crippen LogP contribution is 2.55. The van der Waals surface area contributed by atoms with Gasteiger partial charge in [-0.15, -0.1) is 0 Å². The fourth-order valence-corrected chi connectivity index (χ4v) is 7.84. The summed E-state index contributed by atoms with van der Waals surface area (Å²) in [5, 5.41) is 1.52. The molecule has 1 saturated carbocycles. The molecule has 0 aromatic heterocycles. The van der Waals surface area contributed by atoms with E-state index in [1.165, 1.54) is 12.0 Å². The number of rotatable bonds is 6. The second-order valence-corrected chi connectivity index (χ2v) is 12.5. The third kappa shape index (κ3) is 4.64. The Morgan fingerprint density at radius 2 is 1.26 bits per heavy atom. The average molecular weight is 599 g/mol. The van der Waals surface area contributed by atoms with Gasteiger partial charge in [0.2, 0.25) is 0 Å². The number of carbonyl (C=O) groups is 2. The van der Waals surface area contributed by atoms with Crippen LogP contribution in [0.4, 0.5) is 5.69 Å². The van der Waals surface area contributed by atoms with Gasteiger partial charge in [0.25, 0.3) is 0 Å². The Hall–Kier alpha value is -5.35. The van der Waals surface area contributed by atoms with E-state index in [1.54, 1.807) is 24.3 Å². The van der Waals surface area contributed by atoms with Crippen molar-refractivity contribution in [2.24, 2.45) is 10.9 Å². The molecule has 2 heterocycles. The highest BCUT2D eigenvalue weighted by molar-refractivity contribution is 6.49. The van der Waals surface area contributed by atoms with Crippen LogP contribution in [0.3, 0.4) is 0 Å². The van der Waals surface area contributed by atoms with Crippen LogP contribution in [-0.2, 0) is 0 Å². The summed E-state index contributed by atoms with van der Waals surface area (Å²) in [6, 6.07) is 45.5. The highest BCUT2D eigenvalue weighted by Gasteiger charge is 2.55. The summed E-state index contributed by atoms with van der Waals surface area (Å²) in [5.41, 5.74) is 5.21. The SMILES string of the molecule is O=C(C(C(=O)c1ccccc1)=c1ccc2c(c1)N1C(c3ccccc3)=C[C@H](c3ccccc3)[C@H]3CCCC[C@@]31N=2)c1ccccc1. The molecule has 0 radical (unpaired) electrons. The molecule has 224 valence electrons. The van der Waals surface area contributed by atoms with Gasteiger partial charge in [-0.05, 0) is 47.7 Å². The van der Waals surface area contributed by atoms with E-state index < -0.39 is 5.66 Å². The third-order valence-corrected chi connectivity index (χ3v) is 9.90. The zero-order valence-corrected chi connectivity index (χ0v) is 25.6. The zero-order valence-electron chi connectivity index (χ0n) is 25.6. The quantitative estimate of drug-likeness (QED) is 0.148. The van der Waals surface area contributed by atoms with E-state index in [4.69, 9.17) is 4.99 Å². The second-order valence-electron chi connectivity index (χ2n) is 12.5. The number of benzene rings is 5. The molecule has 46 heavy (non-hydrogen) atoms. The number of Topliss-reactive ketones (excluding diaryl/α,β-unsaturated/α-hetero) is 2. The Morgan fingerprint density at radius 3 is 1.89 bits per heavy atom. The smallest absolute Gasteiger partial charge is 0.197 e. The van der Waals surface area contributed by atoms with Crippen LogP contribution in [0, 0.1) is 5.92 Å². The summed E-state index contributed by atoms with van der Waals surface area (Å²) in [6.45, 7) is 0. The minimum absolute atomic E-state index is 0.172. The molecule has 0 bridgehead atoms. The molecule has 0 amide bonds. The van der Waals surface area contributed by atoms with Gasteiger partial charge in [-0.2, -0.15) is 0 Å². The first-order chi connectivity index (χ1) is 22.6. The number of fused-ring (bicyclic) bond motifs is 2. The predicted molar refractivity (Wildman–Crippen MR) is 183 cm³/mol. The molecule has 0 N–H and O–H groups in total. The first-order valence-electron chi connectivity index (χ1n) is 16.2. The van der Waals surface area contributed by atoms with Crippen LogP contribution in [0.15, 0.2) is 151 Å². The first kappa shape index (κ1) is 28.1. The van der Waals surface area contributed by atoms with Gasteiger partial charge in [0, 0.05) is 28.7 Å². The van der Waals surface area contributed by atoms with Gasteiger partial charge in [-0.3, -0.25) is 14.6 Å². The monoisotopic (exact) mass is 598 g/mol. The molecule has 3 aliphatic rings. The van der Waals surface area contributed by atoms with Crippen molar-refractivity contribution in [3.05, 3.63) is 178 Å². The highest BCUT2D eigenvalue weighted by atomic mass is 16.1. The lowest BCUT2D eigenvalue weighted by atomic mass is 9.66. The van der Waals surface area contributed by atoms with Crippen molar-refractivity contribution in [3.8, 4) is 0 Å². The molecule has 1 aliphatic carbocycles. The summed E-state index contributed by atoms with van der Waals surface area (Å²) in [5.74, 6) is -0.0633. The summed E-state index contributed by atoms with van der Waals surface area (Å²) < 4.78 is 0. The molecule has 0 saturated heterocycles. The van der Waals surface area contributed by atoms with Gasteiger partial charge in [0.1, 0.15) is 5.66 Å². The standard InChI is InChI=1S/C42H34N2O2/c45-40(31-19-9-3-10-20-31)39(41(46)32-21-11-4-12-22-32)33-24-25-36-38(27-33)44-37(30-17-7-2-8-18-30)28-34(29-15-5-1-6-16-29)35-23-13-14-26-42(35,44)43-36/h1-12,15-22,24-25,27-28,34-35H,13-14,23,26H2/t34-,35-,42+/m1/s1. The average Bonchev–Trinajstić information content (AvgIpc) is 3.45. The number of nitrogens with zero attached hydrogens (tertiary/aromatic N) is 2. The van der Waals surface area contributed by atoms with E-state index in [2.05, 4.69) is 65.6 Å². The van der Waals surface area contributed by atoms with Crippen LogP contribution in [0.1, 0.15) is 63.4 Å². The molecule has 5 aromatic carbocycles. The number of hydrogen-bond donors (Lipinski definition) is 0. The van der Waals surface area contributed by atoms with Crippen LogP contribution in [0.25, 0.3) is 11.3 Å². The van der Waals surface area contributed by atoms with E-state index in [9.17, 15) is 9.59 Å². The van der Waals surface area contributed by atoms with Crippen LogP contribution >= 0.6 is 0 Å². The van der Waals surface area contributed by atoms with Gasteiger partial charge in [0.15, 0.2) is 11.6 Å². The molecule has 8 rings (SSSR count). The maximum atomic E-state index is 14.1. The summed E-state index contributed by atoms with van der Waals surface area (Å²) in [7, 11) is 0. The number of hydrogen-bond acceptors (Lipinski definition) is 4. The maximum Gasteiger partial charge on any atom is 0.197 e. The molecular weight excluding hydrogens is 564 g/mol. The lowest BCUT2D eigenvalue weighted by molar-refractivity contribution is 0.0997. The van der Waals surface area contributed by atoms with Crippen LogP contribution in [0.5, 0.6) is 0 Å². The van der Waals surface area contributed by atoms with Gasteiger partial charge < -0.3 is 4.90 Å². The number of carbonyl (C=O) groups excluding carboxylic acids is 2. The lowest BCUT2D eigenvalue weighted by Gasteiger charge is -2.53. The van der Waals surface area contributed by atoms with Crippen molar-refractivity contribution in [2.45, 2.75) is 37.3 Å². The van der Waals surface area contributed by atoms with E-state index in [0.29, 0.717) is 16.3 Å². The van der Waals surface area contributed by atoms with Gasteiger partial charge in [-0.1, -0.05) is 140 Å². The molecule has 2 aliphatic heterocycles. The summed E-state index contributed by atoms with van der Waals surface area (Å²) >= 11 is 0. The number of anilines is 1. The van der Waals surface area contributed by atoms with E-state index in [0.717, 1.165) is 41.6 Å². The minimum atomic E-state index is -0.452. The zero-order chi connectivity index (χ0) is 31.1. The molecule has 1 fully saturated rings. The van der Waals surface area contributed by atoms with E-state index in [1.807, 2.05) is 60.7 Å². The largest absolute Gasteiger partial charge is 0.314 e. The normalized spacial score (nSPS) is 21.2. The Kier molecular flexibility index (Phi) is 7.06. The second kappa shape index (κ2) is 11.5. The molecule has 4 nitrogen and oxygen atoms in total.